The summed E-state index contributed by atoms with van der Waals surface area (Å²) in [4.78, 5) is 49.2. The molecule has 1 unspecified atom stereocenters. The number of nitro benzene ring substituents is 1. The van der Waals surface area contributed by atoms with Crippen LogP contribution in [0.25, 0.3) is 0 Å². The number of halogens is 1. The fraction of sp³-hybridized carbons (Fsp3) is 0.0385. The molecule has 0 fully saturated rings. The van der Waals surface area contributed by atoms with Crippen molar-refractivity contribution in [1.29, 1.82) is 0 Å². The summed E-state index contributed by atoms with van der Waals surface area (Å²) >= 11 is 6.11. The molecule has 0 aliphatic heterocycles. The molecular weight excluding hydrogens is 502 g/mol. The Labute approximate surface area is 215 Å². The van der Waals surface area contributed by atoms with Crippen molar-refractivity contribution in [3.05, 3.63) is 123 Å². The van der Waals surface area contributed by atoms with Crippen LogP contribution in [0.5, 0.6) is 0 Å². The van der Waals surface area contributed by atoms with Gasteiger partial charge in [-0.1, -0.05) is 54.1 Å². The Hall–Kier alpha value is -4.96. The molecule has 0 radical (unpaired) electrons. The zero-order valence-electron chi connectivity index (χ0n) is 18.9. The van der Waals surface area contributed by atoms with E-state index in [0.29, 0.717) is 5.56 Å². The predicted molar refractivity (Wildman–Crippen MR) is 134 cm³/mol. The molecule has 10 nitrogen and oxygen atoms in total. The number of ether oxygens (including phenoxy) is 1. The monoisotopic (exact) mass is 519 g/mol. The Morgan fingerprint density at radius 2 is 1.62 bits per heavy atom. The average Bonchev–Trinajstić information content (AvgIpc) is 3.44. The van der Waals surface area contributed by atoms with Gasteiger partial charge in [0.1, 0.15) is 0 Å². The smallest absolute Gasteiger partial charge is 0.341 e. The molecule has 4 rings (SSSR count). The number of carbonyl (C=O) groups excluding carboxylic acids is 3. The Morgan fingerprint density at radius 1 is 0.892 bits per heavy atom. The second-order valence-corrected chi connectivity index (χ2v) is 7.99. The van der Waals surface area contributed by atoms with E-state index in [2.05, 4.69) is 10.6 Å². The molecule has 186 valence electrons. The molecule has 0 bridgehead atoms. The fourth-order valence-electron chi connectivity index (χ4n) is 3.35. The average molecular weight is 520 g/mol. The lowest BCUT2D eigenvalue weighted by molar-refractivity contribution is -0.384. The van der Waals surface area contributed by atoms with E-state index >= 15 is 0 Å². The number of non-ortho nitro benzene ring substituents is 1. The normalized spacial score (nSPS) is 11.3. The summed E-state index contributed by atoms with van der Waals surface area (Å²) in [6.07, 6.45) is -0.0659. The van der Waals surface area contributed by atoms with Crippen molar-refractivity contribution < 1.29 is 28.5 Å². The molecular formula is C26H18ClN3O7. The van der Waals surface area contributed by atoms with Gasteiger partial charge in [0, 0.05) is 17.7 Å². The minimum atomic E-state index is -1.41. The lowest BCUT2D eigenvalue weighted by atomic mass is 10.1. The van der Waals surface area contributed by atoms with E-state index in [9.17, 15) is 24.5 Å². The maximum Gasteiger partial charge on any atom is 0.341 e. The Kier molecular flexibility index (Phi) is 7.60. The molecule has 1 atom stereocenters. The van der Waals surface area contributed by atoms with Crippen molar-refractivity contribution in [3.8, 4) is 0 Å². The van der Waals surface area contributed by atoms with E-state index in [1.807, 2.05) is 0 Å². The van der Waals surface area contributed by atoms with Crippen LogP contribution < -0.4 is 10.6 Å². The van der Waals surface area contributed by atoms with Crippen LogP contribution in [0.3, 0.4) is 0 Å². The van der Waals surface area contributed by atoms with Gasteiger partial charge in [0.25, 0.3) is 17.5 Å². The number of hydrogen-bond donors (Lipinski definition) is 2. The first-order valence-corrected chi connectivity index (χ1v) is 11.2. The molecule has 0 spiro atoms. The highest BCUT2D eigenvalue weighted by molar-refractivity contribution is 6.34. The maximum absolute atomic E-state index is 13.2. The van der Waals surface area contributed by atoms with E-state index < -0.39 is 28.8 Å². The fourth-order valence-corrected chi connectivity index (χ4v) is 3.57. The number of furan rings is 1. The number of rotatable bonds is 8. The summed E-state index contributed by atoms with van der Waals surface area (Å²) in [7, 11) is 0. The molecule has 1 heterocycles. The number of benzene rings is 3. The van der Waals surface area contributed by atoms with Crippen LogP contribution >= 0.6 is 11.6 Å². The van der Waals surface area contributed by atoms with Gasteiger partial charge in [-0.15, -0.1) is 0 Å². The van der Waals surface area contributed by atoms with Gasteiger partial charge in [-0.2, -0.15) is 0 Å². The molecule has 0 aliphatic rings. The number of nitro groups is 1. The quantitative estimate of drug-likeness (QED) is 0.174. The highest BCUT2D eigenvalue weighted by atomic mass is 35.5. The lowest BCUT2D eigenvalue weighted by Gasteiger charge is -2.19. The SMILES string of the molecule is O=C(Nc1ccccc1C(=O)OC(C(=O)Nc1ccc([N+](=O)[O-])cc1Cl)c1ccccc1)c1ccco1. The molecule has 0 saturated carbocycles. The first-order chi connectivity index (χ1) is 17.8. The highest BCUT2D eigenvalue weighted by Gasteiger charge is 2.28. The van der Waals surface area contributed by atoms with Gasteiger partial charge in [-0.25, -0.2) is 4.79 Å². The molecule has 3 aromatic carbocycles. The van der Waals surface area contributed by atoms with Crippen molar-refractivity contribution in [3.63, 3.8) is 0 Å². The van der Waals surface area contributed by atoms with Crippen LogP contribution in [0.1, 0.15) is 32.6 Å². The zero-order chi connectivity index (χ0) is 26.4. The number of esters is 1. The van der Waals surface area contributed by atoms with Crippen molar-refractivity contribution in [2.45, 2.75) is 6.10 Å². The van der Waals surface area contributed by atoms with Crippen molar-refractivity contribution in [1.82, 2.24) is 0 Å². The van der Waals surface area contributed by atoms with Crippen LogP contribution in [0.4, 0.5) is 17.1 Å². The number of carbonyl (C=O) groups is 3. The van der Waals surface area contributed by atoms with Gasteiger partial charge in [-0.3, -0.25) is 19.7 Å². The second-order valence-electron chi connectivity index (χ2n) is 7.58. The molecule has 1 aromatic heterocycles. The first kappa shape index (κ1) is 25.1. The molecule has 2 N–H and O–H groups in total. The Morgan fingerprint density at radius 3 is 2.30 bits per heavy atom. The van der Waals surface area contributed by atoms with Gasteiger partial charge < -0.3 is 19.8 Å². The summed E-state index contributed by atoms with van der Waals surface area (Å²) in [5, 5.41) is 16.0. The van der Waals surface area contributed by atoms with Gasteiger partial charge in [-0.05, 0) is 30.3 Å². The number of amides is 2. The summed E-state index contributed by atoms with van der Waals surface area (Å²) in [5.74, 6) is -2.15. The number of para-hydroxylation sites is 1. The van der Waals surface area contributed by atoms with Gasteiger partial charge in [0.15, 0.2) is 5.76 Å². The molecule has 11 heteroatoms. The summed E-state index contributed by atoms with van der Waals surface area (Å²) in [6.45, 7) is 0. The topological polar surface area (TPSA) is 141 Å². The Balaban J connectivity index is 1.58. The molecule has 4 aromatic rings. The third kappa shape index (κ3) is 6.00. The second kappa shape index (κ2) is 11.2. The third-order valence-electron chi connectivity index (χ3n) is 5.13. The zero-order valence-corrected chi connectivity index (χ0v) is 19.7. The van der Waals surface area contributed by atoms with Crippen molar-refractivity contribution >= 4 is 46.4 Å². The standard InChI is InChI=1S/C26H18ClN3O7/c27-19-15-17(30(34)35)12-13-21(19)29-25(32)23(16-7-2-1-3-8-16)37-26(33)18-9-4-5-10-20(18)28-24(31)22-11-6-14-36-22/h1-15,23H,(H,28,31)(H,29,32). The van der Waals surface area contributed by atoms with Gasteiger partial charge >= 0.3 is 5.97 Å². The molecule has 2 amide bonds. The van der Waals surface area contributed by atoms with Crippen molar-refractivity contribution in [2.75, 3.05) is 10.6 Å². The number of nitrogens with one attached hydrogen (secondary N) is 2. The number of hydrogen-bond acceptors (Lipinski definition) is 7. The van der Waals surface area contributed by atoms with Crippen LogP contribution in [0.15, 0.2) is 95.6 Å². The minimum Gasteiger partial charge on any atom is -0.459 e. The van der Waals surface area contributed by atoms with E-state index in [0.717, 1.165) is 6.07 Å². The van der Waals surface area contributed by atoms with E-state index in [1.54, 1.807) is 48.5 Å². The van der Waals surface area contributed by atoms with E-state index in [4.69, 9.17) is 20.8 Å². The molecule has 37 heavy (non-hydrogen) atoms. The lowest BCUT2D eigenvalue weighted by Crippen LogP contribution is -2.26. The highest BCUT2D eigenvalue weighted by Crippen LogP contribution is 2.29. The van der Waals surface area contributed by atoms with Crippen LogP contribution in [-0.2, 0) is 9.53 Å². The number of anilines is 2. The Bertz CT molecular complexity index is 1460. The molecule has 0 saturated heterocycles. The van der Waals surface area contributed by atoms with Gasteiger partial charge in [0.05, 0.1) is 33.1 Å². The summed E-state index contributed by atoms with van der Waals surface area (Å²) in [6, 6.07) is 21.0. The maximum atomic E-state index is 13.2. The van der Waals surface area contributed by atoms with Crippen molar-refractivity contribution in [2.24, 2.45) is 0 Å². The van der Waals surface area contributed by atoms with Crippen LogP contribution in [-0.4, -0.2) is 22.7 Å². The molecule has 0 aliphatic carbocycles. The van der Waals surface area contributed by atoms with Crippen LogP contribution in [0, 0.1) is 10.1 Å². The number of nitrogens with zero attached hydrogens (tertiary/aromatic N) is 1. The van der Waals surface area contributed by atoms with Gasteiger partial charge in [0.2, 0.25) is 6.10 Å². The summed E-state index contributed by atoms with van der Waals surface area (Å²) < 4.78 is 10.7. The third-order valence-corrected chi connectivity index (χ3v) is 5.44. The van der Waals surface area contributed by atoms with Crippen LogP contribution in [0.2, 0.25) is 5.02 Å². The van der Waals surface area contributed by atoms with E-state index in [1.165, 1.54) is 36.6 Å². The summed E-state index contributed by atoms with van der Waals surface area (Å²) in [5.41, 5.74) is 0.370. The minimum absolute atomic E-state index is 0.00417. The first-order valence-electron chi connectivity index (χ1n) is 10.8. The predicted octanol–water partition coefficient (Wildman–Crippen LogP) is 5.63. The van der Waals surface area contributed by atoms with E-state index in [-0.39, 0.29) is 33.4 Å². The largest absolute Gasteiger partial charge is 0.459 e.